The topological polar surface area (TPSA) is 47.4 Å². The lowest BCUT2D eigenvalue weighted by atomic mass is 10.3. The third-order valence-corrected chi connectivity index (χ3v) is 3.09. The van der Waals surface area contributed by atoms with Crippen LogP contribution in [0.25, 0.3) is 5.69 Å². The lowest BCUT2D eigenvalue weighted by Gasteiger charge is -2.17. The molecule has 5 nitrogen and oxygen atoms in total. The highest BCUT2D eigenvalue weighted by molar-refractivity contribution is 5.71. The Hall–Kier alpha value is -2.14. The zero-order valence-corrected chi connectivity index (χ0v) is 11.8. The van der Waals surface area contributed by atoms with Gasteiger partial charge in [-0.3, -0.25) is 9.69 Å². The monoisotopic (exact) mass is 273 g/mol. The number of benzene rings is 1. The molecule has 20 heavy (non-hydrogen) atoms. The molecule has 0 aliphatic heterocycles. The van der Waals surface area contributed by atoms with Crippen LogP contribution in [0.4, 0.5) is 0 Å². The van der Waals surface area contributed by atoms with Gasteiger partial charge in [-0.05, 0) is 18.7 Å². The van der Waals surface area contributed by atoms with Gasteiger partial charge in [-0.1, -0.05) is 25.1 Å². The molecule has 2 rings (SSSR count). The molecule has 0 saturated carbocycles. The number of carbonyl (C=O) groups excluding carboxylic acids is 1. The fourth-order valence-corrected chi connectivity index (χ4v) is 1.95. The molecule has 0 atom stereocenters. The maximum absolute atomic E-state index is 11.3. The molecule has 2 aromatic rings. The van der Waals surface area contributed by atoms with E-state index in [0.29, 0.717) is 13.1 Å². The van der Waals surface area contributed by atoms with E-state index < -0.39 is 0 Å². The van der Waals surface area contributed by atoms with Crippen molar-refractivity contribution in [3.8, 4) is 5.69 Å². The molecular weight excluding hydrogens is 254 g/mol. The van der Waals surface area contributed by atoms with Gasteiger partial charge in [-0.25, -0.2) is 4.68 Å². The number of hydrogen-bond donors (Lipinski definition) is 0. The summed E-state index contributed by atoms with van der Waals surface area (Å²) in [6.07, 6.45) is 3.81. The Balaban J connectivity index is 2.03. The molecule has 0 bridgehead atoms. The first kappa shape index (κ1) is 14.3. The molecule has 1 heterocycles. The molecule has 0 amide bonds. The summed E-state index contributed by atoms with van der Waals surface area (Å²) in [5.74, 6) is -0.220. The van der Waals surface area contributed by atoms with Crippen LogP contribution >= 0.6 is 0 Å². The van der Waals surface area contributed by atoms with E-state index in [9.17, 15) is 4.79 Å². The van der Waals surface area contributed by atoms with Crippen molar-refractivity contribution in [2.24, 2.45) is 0 Å². The number of para-hydroxylation sites is 1. The van der Waals surface area contributed by atoms with Gasteiger partial charge in [0.25, 0.3) is 0 Å². The number of likely N-dealkylation sites (N-methyl/N-ethyl adjacent to an activating group) is 1. The zero-order chi connectivity index (χ0) is 14.4. The van der Waals surface area contributed by atoms with E-state index in [2.05, 4.69) is 5.10 Å². The fraction of sp³-hybridized carbons (Fsp3) is 0.333. The first-order valence-corrected chi connectivity index (χ1v) is 6.61. The second-order valence-electron chi connectivity index (χ2n) is 4.51. The van der Waals surface area contributed by atoms with Crippen molar-refractivity contribution in [2.75, 3.05) is 20.2 Å². The van der Waals surface area contributed by atoms with Crippen LogP contribution in [0, 0.1) is 0 Å². The van der Waals surface area contributed by atoms with E-state index in [1.807, 2.05) is 59.2 Å². The minimum atomic E-state index is -0.220. The van der Waals surface area contributed by atoms with Crippen LogP contribution in [0.15, 0.2) is 42.7 Å². The van der Waals surface area contributed by atoms with E-state index in [4.69, 9.17) is 4.74 Å². The third-order valence-electron chi connectivity index (χ3n) is 3.09. The van der Waals surface area contributed by atoms with Crippen molar-refractivity contribution in [3.63, 3.8) is 0 Å². The van der Waals surface area contributed by atoms with E-state index in [1.54, 1.807) is 0 Å². The first-order valence-electron chi connectivity index (χ1n) is 6.61. The predicted molar refractivity (Wildman–Crippen MR) is 76.5 cm³/mol. The number of methoxy groups -OCH3 is 1. The number of hydrogen-bond acceptors (Lipinski definition) is 4. The van der Waals surface area contributed by atoms with Gasteiger partial charge in [0.1, 0.15) is 0 Å². The molecule has 1 aromatic heterocycles. The smallest absolute Gasteiger partial charge is 0.319 e. The average Bonchev–Trinajstić information content (AvgIpc) is 2.95. The van der Waals surface area contributed by atoms with Crippen LogP contribution in [0.5, 0.6) is 0 Å². The fourth-order valence-electron chi connectivity index (χ4n) is 1.95. The summed E-state index contributed by atoms with van der Waals surface area (Å²) in [5.41, 5.74) is 2.09. The van der Waals surface area contributed by atoms with Crippen molar-refractivity contribution in [3.05, 3.63) is 48.3 Å². The van der Waals surface area contributed by atoms with Crippen LogP contribution in [-0.4, -0.2) is 40.8 Å². The number of esters is 1. The molecule has 0 aliphatic carbocycles. The number of nitrogens with zero attached hydrogens (tertiary/aromatic N) is 3. The molecule has 0 spiro atoms. The van der Waals surface area contributed by atoms with E-state index in [0.717, 1.165) is 17.8 Å². The van der Waals surface area contributed by atoms with Crippen LogP contribution in [0.2, 0.25) is 0 Å². The molecule has 1 aromatic carbocycles. The zero-order valence-electron chi connectivity index (χ0n) is 11.8. The van der Waals surface area contributed by atoms with Crippen molar-refractivity contribution >= 4 is 5.97 Å². The Morgan fingerprint density at radius 2 is 2.10 bits per heavy atom. The van der Waals surface area contributed by atoms with Crippen LogP contribution in [0.3, 0.4) is 0 Å². The van der Waals surface area contributed by atoms with Gasteiger partial charge < -0.3 is 4.74 Å². The number of rotatable bonds is 6. The maximum atomic E-state index is 11.3. The predicted octanol–water partition coefficient (Wildman–Crippen LogP) is 1.87. The minimum Gasteiger partial charge on any atom is -0.468 e. The highest BCUT2D eigenvalue weighted by Gasteiger charge is 2.11. The molecule has 0 unspecified atom stereocenters. The van der Waals surface area contributed by atoms with Crippen molar-refractivity contribution in [1.82, 2.24) is 14.7 Å². The van der Waals surface area contributed by atoms with E-state index in [-0.39, 0.29) is 5.97 Å². The Morgan fingerprint density at radius 3 is 2.75 bits per heavy atom. The molecule has 0 aliphatic rings. The van der Waals surface area contributed by atoms with Gasteiger partial charge in [0.15, 0.2) is 0 Å². The highest BCUT2D eigenvalue weighted by Crippen LogP contribution is 2.09. The van der Waals surface area contributed by atoms with Gasteiger partial charge in [-0.15, -0.1) is 0 Å². The standard InChI is InChI=1S/C15H19N3O2/c1-3-17(12-15(19)20-2)10-13-9-16-18(11-13)14-7-5-4-6-8-14/h4-9,11H,3,10,12H2,1-2H3. The number of carbonyl (C=O) groups is 1. The van der Waals surface area contributed by atoms with Gasteiger partial charge in [0.05, 0.1) is 25.5 Å². The Labute approximate surface area is 118 Å². The van der Waals surface area contributed by atoms with E-state index >= 15 is 0 Å². The summed E-state index contributed by atoms with van der Waals surface area (Å²) in [4.78, 5) is 13.3. The SMILES string of the molecule is CCN(CC(=O)OC)Cc1cnn(-c2ccccc2)c1. The summed E-state index contributed by atoms with van der Waals surface area (Å²) in [7, 11) is 1.41. The van der Waals surface area contributed by atoms with Gasteiger partial charge in [-0.2, -0.15) is 5.10 Å². The quantitative estimate of drug-likeness (QED) is 0.754. The lowest BCUT2D eigenvalue weighted by molar-refractivity contribution is -0.142. The van der Waals surface area contributed by atoms with Crippen molar-refractivity contribution in [1.29, 1.82) is 0 Å². The molecule has 0 N–H and O–H groups in total. The summed E-state index contributed by atoms with van der Waals surface area (Å²) in [6, 6.07) is 9.94. The maximum Gasteiger partial charge on any atom is 0.319 e. The van der Waals surface area contributed by atoms with Gasteiger partial charge in [0, 0.05) is 18.3 Å². The minimum absolute atomic E-state index is 0.220. The highest BCUT2D eigenvalue weighted by atomic mass is 16.5. The molecule has 0 radical (unpaired) electrons. The molecule has 5 heteroatoms. The Bertz CT molecular complexity index is 551. The lowest BCUT2D eigenvalue weighted by Crippen LogP contribution is -2.29. The largest absolute Gasteiger partial charge is 0.468 e. The molecule has 0 saturated heterocycles. The summed E-state index contributed by atoms with van der Waals surface area (Å²) in [5, 5.41) is 4.35. The summed E-state index contributed by atoms with van der Waals surface area (Å²) in [6.45, 7) is 3.78. The van der Waals surface area contributed by atoms with Crippen LogP contribution in [0.1, 0.15) is 12.5 Å². The van der Waals surface area contributed by atoms with Crippen LogP contribution < -0.4 is 0 Å². The van der Waals surface area contributed by atoms with E-state index in [1.165, 1.54) is 7.11 Å². The van der Waals surface area contributed by atoms with Gasteiger partial charge >= 0.3 is 5.97 Å². The average molecular weight is 273 g/mol. The Kier molecular flexibility index (Phi) is 4.90. The molecular formula is C15H19N3O2. The third kappa shape index (κ3) is 3.68. The second kappa shape index (κ2) is 6.86. The molecule has 106 valence electrons. The summed E-state index contributed by atoms with van der Waals surface area (Å²) >= 11 is 0. The van der Waals surface area contributed by atoms with Crippen molar-refractivity contribution in [2.45, 2.75) is 13.5 Å². The second-order valence-corrected chi connectivity index (χ2v) is 4.51. The van der Waals surface area contributed by atoms with Gasteiger partial charge in [0.2, 0.25) is 0 Å². The van der Waals surface area contributed by atoms with Crippen molar-refractivity contribution < 1.29 is 9.53 Å². The summed E-state index contributed by atoms with van der Waals surface area (Å²) < 4.78 is 6.53. The first-order chi connectivity index (χ1) is 9.72. The van der Waals surface area contributed by atoms with Crippen LogP contribution in [-0.2, 0) is 16.1 Å². The Morgan fingerprint density at radius 1 is 1.35 bits per heavy atom. The normalized spacial score (nSPS) is 10.8. The number of aromatic nitrogens is 2. The number of ether oxygens (including phenoxy) is 1. The molecule has 0 fully saturated rings.